The van der Waals surface area contributed by atoms with Gasteiger partial charge in [-0.1, -0.05) is 59.8 Å². The van der Waals surface area contributed by atoms with Gasteiger partial charge in [-0.3, -0.25) is 9.20 Å². The molecule has 5 rings (SSSR count). The summed E-state index contributed by atoms with van der Waals surface area (Å²) in [6.45, 7) is 1.04. The predicted octanol–water partition coefficient (Wildman–Crippen LogP) is 5.54. The second-order valence-electron chi connectivity index (χ2n) is 7.84. The Labute approximate surface area is 197 Å². The van der Waals surface area contributed by atoms with Gasteiger partial charge in [-0.15, -0.1) is 10.2 Å². The molecule has 3 aromatic carbocycles. The maximum atomic E-state index is 13.5. The summed E-state index contributed by atoms with van der Waals surface area (Å²) in [7, 11) is 0. The summed E-state index contributed by atoms with van der Waals surface area (Å²) in [5.74, 6) is 0.840. The number of ether oxygens (including phenoxy) is 1. The van der Waals surface area contributed by atoms with E-state index >= 15 is 0 Å². The predicted molar refractivity (Wildman–Crippen MR) is 128 cm³/mol. The molecule has 0 saturated carbocycles. The number of hydrogen-bond acceptors (Lipinski definition) is 5. The van der Waals surface area contributed by atoms with Crippen molar-refractivity contribution in [2.75, 3.05) is 0 Å². The van der Waals surface area contributed by atoms with Crippen LogP contribution in [0, 0.1) is 13.8 Å². The van der Waals surface area contributed by atoms with Crippen molar-refractivity contribution < 1.29 is 13.5 Å². The first-order valence-corrected chi connectivity index (χ1v) is 11.5. The Kier molecular flexibility index (Phi) is 5.79. The molecule has 0 unspecified atom stereocenters. The summed E-state index contributed by atoms with van der Waals surface area (Å²) in [5.41, 5.74) is 3.86. The average Bonchev–Trinajstić information content (AvgIpc) is 3.23. The zero-order chi connectivity index (χ0) is 23.8. The number of aryl methyl sites for hydroxylation is 2. The molecule has 0 saturated heterocycles. The fraction of sp³-hybridized carbons (Fsp3) is 0.160. The lowest BCUT2D eigenvalue weighted by Gasteiger charge is -2.14. The van der Waals surface area contributed by atoms with E-state index in [2.05, 4.69) is 14.9 Å². The molecule has 2 heterocycles. The van der Waals surface area contributed by atoms with Gasteiger partial charge in [0.2, 0.25) is 5.78 Å². The van der Waals surface area contributed by atoms with Crippen molar-refractivity contribution in [2.24, 2.45) is 0 Å². The molecule has 0 fully saturated rings. The molecule has 0 N–H and O–H groups in total. The van der Waals surface area contributed by atoms with Crippen LogP contribution < -0.4 is 10.3 Å². The fourth-order valence-electron chi connectivity index (χ4n) is 4.02. The van der Waals surface area contributed by atoms with Crippen molar-refractivity contribution in [3.8, 4) is 11.4 Å². The second kappa shape index (κ2) is 8.90. The summed E-state index contributed by atoms with van der Waals surface area (Å²) in [6, 6.07) is 19.8. The zero-order valence-corrected chi connectivity index (χ0v) is 19.2. The minimum absolute atomic E-state index is 0.121. The smallest absolute Gasteiger partial charge is 0.387 e. The van der Waals surface area contributed by atoms with Crippen molar-refractivity contribution >= 4 is 28.4 Å². The number of para-hydroxylation sites is 2. The van der Waals surface area contributed by atoms with Crippen LogP contribution in [0.3, 0.4) is 0 Å². The lowest BCUT2D eigenvalue weighted by molar-refractivity contribution is -0.0503. The fourth-order valence-corrected chi connectivity index (χ4v) is 4.95. The van der Waals surface area contributed by atoms with Gasteiger partial charge in [-0.05, 0) is 43.7 Å². The molecular formula is C25H20F2N4O2S. The average molecular weight is 479 g/mol. The van der Waals surface area contributed by atoms with Crippen LogP contribution in [0.2, 0.25) is 0 Å². The molecule has 34 heavy (non-hydrogen) atoms. The summed E-state index contributed by atoms with van der Waals surface area (Å²) in [6.07, 6.45) is 0. The molecule has 0 bridgehead atoms. The molecular weight excluding hydrogens is 458 g/mol. The third-order valence-corrected chi connectivity index (χ3v) is 6.51. The van der Waals surface area contributed by atoms with Crippen LogP contribution in [0.5, 0.6) is 5.75 Å². The van der Waals surface area contributed by atoms with Crippen LogP contribution in [-0.2, 0) is 5.75 Å². The highest BCUT2D eigenvalue weighted by Crippen LogP contribution is 2.30. The SMILES string of the molecule is Cc1ccc(-n2c(=O)c3ccccc3n3c(SCc4ccccc4OC(F)F)nnc23)c(C)c1. The first kappa shape index (κ1) is 22.1. The van der Waals surface area contributed by atoms with Crippen LogP contribution in [-0.4, -0.2) is 25.8 Å². The number of hydrogen-bond donors (Lipinski definition) is 0. The van der Waals surface area contributed by atoms with Gasteiger partial charge < -0.3 is 4.74 Å². The number of fused-ring (bicyclic) bond motifs is 3. The number of thioether (sulfide) groups is 1. The zero-order valence-electron chi connectivity index (χ0n) is 18.4. The van der Waals surface area contributed by atoms with Gasteiger partial charge in [0.05, 0.1) is 16.6 Å². The lowest BCUT2D eigenvalue weighted by atomic mass is 10.1. The van der Waals surface area contributed by atoms with E-state index < -0.39 is 6.61 Å². The first-order valence-electron chi connectivity index (χ1n) is 10.6. The maximum Gasteiger partial charge on any atom is 0.387 e. The number of rotatable bonds is 6. The number of aromatic nitrogens is 4. The van der Waals surface area contributed by atoms with E-state index in [1.54, 1.807) is 28.8 Å². The number of nitrogens with zero attached hydrogens (tertiary/aromatic N) is 4. The van der Waals surface area contributed by atoms with Crippen LogP contribution in [0.4, 0.5) is 8.78 Å². The van der Waals surface area contributed by atoms with Gasteiger partial charge in [-0.2, -0.15) is 8.78 Å². The van der Waals surface area contributed by atoms with Gasteiger partial charge in [-0.25, -0.2) is 4.57 Å². The number of benzene rings is 3. The third-order valence-electron chi connectivity index (χ3n) is 5.53. The minimum Gasteiger partial charge on any atom is -0.435 e. The molecule has 172 valence electrons. The van der Waals surface area contributed by atoms with Crippen LogP contribution in [0.15, 0.2) is 76.7 Å². The van der Waals surface area contributed by atoms with Gasteiger partial charge in [0.25, 0.3) is 5.56 Å². The molecule has 0 atom stereocenters. The molecule has 9 heteroatoms. The van der Waals surface area contributed by atoms with Crippen molar-refractivity contribution in [1.29, 1.82) is 0 Å². The molecule has 0 radical (unpaired) electrons. The van der Waals surface area contributed by atoms with Gasteiger partial charge in [0, 0.05) is 11.3 Å². The quantitative estimate of drug-likeness (QED) is 0.300. The number of halogens is 2. The van der Waals surface area contributed by atoms with Gasteiger partial charge >= 0.3 is 6.61 Å². The lowest BCUT2D eigenvalue weighted by Crippen LogP contribution is -2.22. The van der Waals surface area contributed by atoms with Crippen LogP contribution >= 0.6 is 11.8 Å². The van der Waals surface area contributed by atoms with Gasteiger partial charge in [0.1, 0.15) is 5.75 Å². The molecule has 2 aromatic heterocycles. The van der Waals surface area contributed by atoms with E-state index in [1.807, 2.05) is 54.6 Å². The molecule has 0 amide bonds. The first-order chi connectivity index (χ1) is 16.4. The van der Waals surface area contributed by atoms with Crippen molar-refractivity contribution in [3.63, 3.8) is 0 Å². The third kappa shape index (κ3) is 3.92. The van der Waals surface area contributed by atoms with E-state index in [1.165, 1.54) is 17.8 Å². The standard InChI is InChI=1S/C25H20F2N4O2S/c1-15-11-12-19(16(2)13-15)30-22(32)18-8-4-5-9-20(18)31-24(30)28-29-25(31)34-14-17-7-3-6-10-21(17)33-23(26)27/h3-13,23H,14H2,1-2H3. The Morgan fingerprint density at radius 2 is 1.76 bits per heavy atom. The van der Waals surface area contributed by atoms with E-state index in [-0.39, 0.29) is 11.3 Å². The molecule has 6 nitrogen and oxygen atoms in total. The molecule has 0 aliphatic carbocycles. The van der Waals surface area contributed by atoms with Gasteiger partial charge in [0.15, 0.2) is 5.16 Å². The van der Waals surface area contributed by atoms with Crippen molar-refractivity contribution in [1.82, 2.24) is 19.2 Å². The minimum atomic E-state index is -2.91. The summed E-state index contributed by atoms with van der Waals surface area (Å²) in [4.78, 5) is 13.5. The molecule has 0 spiro atoms. The molecule has 5 aromatic rings. The van der Waals surface area contributed by atoms with Crippen molar-refractivity contribution in [3.05, 3.63) is 93.8 Å². The Hall–Kier alpha value is -3.72. The number of alkyl halides is 2. The van der Waals surface area contributed by atoms with E-state index in [0.29, 0.717) is 33.2 Å². The Morgan fingerprint density at radius 1 is 1.00 bits per heavy atom. The normalized spacial score (nSPS) is 11.6. The van der Waals surface area contributed by atoms with E-state index in [4.69, 9.17) is 0 Å². The summed E-state index contributed by atoms with van der Waals surface area (Å²) < 4.78 is 33.7. The Bertz CT molecular complexity index is 1580. The van der Waals surface area contributed by atoms with Crippen LogP contribution in [0.25, 0.3) is 22.4 Å². The maximum absolute atomic E-state index is 13.5. The molecule has 0 aliphatic rings. The summed E-state index contributed by atoms with van der Waals surface area (Å²) in [5, 5.41) is 9.77. The highest BCUT2D eigenvalue weighted by Gasteiger charge is 2.19. The Balaban J connectivity index is 1.66. The van der Waals surface area contributed by atoms with Crippen molar-refractivity contribution in [2.45, 2.75) is 31.4 Å². The summed E-state index contributed by atoms with van der Waals surface area (Å²) >= 11 is 1.33. The highest BCUT2D eigenvalue weighted by molar-refractivity contribution is 7.98. The molecule has 0 aliphatic heterocycles. The topological polar surface area (TPSA) is 61.4 Å². The van der Waals surface area contributed by atoms with Crippen LogP contribution in [0.1, 0.15) is 16.7 Å². The highest BCUT2D eigenvalue weighted by atomic mass is 32.2. The largest absolute Gasteiger partial charge is 0.435 e. The second-order valence-corrected chi connectivity index (χ2v) is 8.78. The van der Waals surface area contributed by atoms with E-state index in [9.17, 15) is 13.6 Å². The monoisotopic (exact) mass is 478 g/mol. The Morgan fingerprint density at radius 3 is 2.56 bits per heavy atom. The van der Waals surface area contributed by atoms with E-state index in [0.717, 1.165) is 16.8 Å².